The third kappa shape index (κ3) is 3.03. The van der Waals surface area contributed by atoms with Crippen molar-refractivity contribution in [1.29, 1.82) is 0 Å². The van der Waals surface area contributed by atoms with Gasteiger partial charge in [0, 0.05) is 26.1 Å². The number of nitrogens with two attached hydrogens (primary N) is 1. The van der Waals surface area contributed by atoms with Crippen LogP contribution >= 0.6 is 0 Å². The van der Waals surface area contributed by atoms with E-state index in [0.29, 0.717) is 11.4 Å². The number of nitrogens with zero attached hydrogens (tertiary/aromatic N) is 4. The topological polar surface area (TPSA) is 114 Å². The molecule has 0 aromatic carbocycles. The summed E-state index contributed by atoms with van der Waals surface area (Å²) in [4.78, 5) is 0.261. The van der Waals surface area contributed by atoms with Crippen molar-refractivity contribution >= 4 is 15.9 Å². The van der Waals surface area contributed by atoms with Crippen LogP contribution < -0.4 is 5.73 Å². The molecule has 1 aromatic rings. The lowest BCUT2D eigenvalue weighted by molar-refractivity contribution is 0.315. The molecule has 2 rings (SSSR count). The molecule has 0 bridgehead atoms. The van der Waals surface area contributed by atoms with Gasteiger partial charge in [0.2, 0.25) is 10.0 Å². The van der Waals surface area contributed by atoms with Crippen LogP contribution in [0.4, 0.5) is 0 Å². The van der Waals surface area contributed by atoms with E-state index in [2.05, 4.69) is 10.3 Å². The van der Waals surface area contributed by atoms with E-state index >= 15 is 0 Å². The van der Waals surface area contributed by atoms with Gasteiger partial charge < -0.3 is 10.9 Å². The Morgan fingerprint density at radius 3 is 2.57 bits per heavy atom. The van der Waals surface area contributed by atoms with Crippen molar-refractivity contribution in [3.8, 4) is 0 Å². The Kier molecular flexibility index (Phi) is 4.24. The fourth-order valence-electron chi connectivity index (χ4n) is 2.38. The molecular formula is C12H21N5O3S. The second-order valence-corrected chi connectivity index (χ2v) is 7.14. The lowest BCUT2D eigenvalue weighted by atomic mass is 10.4. The zero-order chi connectivity index (χ0) is 15.8. The summed E-state index contributed by atoms with van der Waals surface area (Å²) in [5.41, 5.74) is 6.55. The van der Waals surface area contributed by atoms with Gasteiger partial charge in [-0.15, -0.1) is 0 Å². The Morgan fingerprint density at radius 1 is 1.52 bits per heavy atom. The first-order valence-corrected chi connectivity index (χ1v) is 8.21. The summed E-state index contributed by atoms with van der Waals surface area (Å²) in [6.45, 7) is 3.63. The lowest BCUT2D eigenvalue weighted by Crippen LogP contribution is -2.36. The molecule has 1 aromatic heterocycles. The van der Waals surface area contributed by atoms with E-state index in [9.17, 15) is 8.42 Å². The van der Waals surface area contributed by atoms with Gasteiger partial charge in [0.25, 0.3) is 0 Å². The Morgan fingerprint density at radius 2 is 2.14 bits per heavy atom. The molecule has 1 saturated carbocycles. The SMILES string of the molecule is Cc1nn(C)c(C)c1S(=O)(=O)N(CCC(N)=NO)C1CC1. The average molecular weight is 315 g/mol. The van der Waals surface area contributed by atoms with Crippen molar-refractivity contribution < 1.29 is 13.6 Å². The summed E-state index contributed by atoms with van der Waals surface area (Å²) in [5, 5.41) is 15.7. The minimum Gasteiger partial charge on any atom is -0.409 e. The quantitative estimate of drug-likeness (QED) is 0.340. The van der Waals surface area contributed by atoms with Crippen LogP contribution in [0.5, 0.6) is 0 Å². The predicted octanol–water partition coefficient (Wildman–Crippen LogP) is 0.327. The fraction of sp³-hybridized carbons (Fsp3) is 0.667. The number of sulfonamides is 1. The second kappa shape index (κ2) is 5.64. The molecule has 0 unspecified atom stereocenters. The van der Waals surface area contributed by atoms with Crippen molar-refractivity contribution in [2.45, 2.75) is 44.0 Å². The first-order chi connectivity index (χ1) is 9.78. The molecule has 0 radical (unpaired) electrons. The minimum absolute atomic E-state index is 0.000462. The number of aryl methyl sites for hydroxylation is 2. The third-order valence-electron chi connectivity index (χ3n) is 3.68. The zero-order valence-corrected chi connectivity index (χ0v) is 13.3. The lowest BCUT2D eigenvalue weighted by Gasteiger charge is -2.21. The second-order valence-electron chi connectivity index (χ2n) is 5.31. The summed E-state index contributed by atoms with van der Waals surface area (Å²) in [5.74, 6) is 0.0236. The summed E-state index contributed by atoms with van der Waals surface area (Å²) >= 11 is 0. The van der Waals surface area contributed by atoms with Crippen LogP contribution in [0.25, 0.3) is 0 Å². The normalized spacial score (nSPS) is 16.7. The van der Waals surface area contributed by atoms with E-state index in [4.69, 9.17) is 10.9 Å². The van der Waals surface area contributed by atoms with Gasteiger partial charge in [-0.2, -0.15) is 9.40 Å². The fourth-order valence-corrected chi connectivity index (χ4v) is 4.47. The van der Waals surface area contributed by atoms with Crippen LogP contribution in [-0.4, -0.2) is 46.1 Å². The smallest absolute Gasteiger partial charge is 0.247 e. The van der Waals surface area contributed by atoms with Gasteiger partial charge in [-0.1, -0.05) is 5.16 Å². The molecule has 0 spiro atoms. The Balaban J connectivity index is 2.34. The van der Waals surface area contributed by atoms with Gasteiger partial charge in [-0.25, -0.2) is 8.42 Å². The van der Waals surface area contributed by atoms with Crippen molar-refractivity contribution in [2.75, 3.05) is 6.54 Å². The van der Waals surface area contributed by atoms with Crippen LogP contribution in [0.3, 0.4) is 0 Å². The summed E-state index contributed by atoms with van der Waals surface area (Å²) in [7, 11) is -1.90. The Hall–Kier alpha value is -1.61. The Labute approximate surface area is 124 Å². The van der Waals surface area contributed by atoms with Crippen LogP contribution in [0, 0.1) is 13.8 Å². The molecule has 8 nitrogen and oxygen atoms in total. The van der Waals surface area contributed by atoms with Gasteiger partial charge in [0.1, 0.15) is 10.7 Å². The highest BCUT2D eigenvalue weighted by Gasteiger charge is 2.40. The van der Waals surface area contributed by atoms with Crippen molar-refractivity contribution in [3.05, 3.63) is 11.4 Å². The maximum absolute atomic E-state index is 12.9. The molecule has 3 N–H and O–H groups in total. The zero-order valence-electron chi connectivity index (χ0n) is 12.4. The molecular weight excluding hydrogens is 294 g/mol. The maximum atomic E-state index is 12.9. The molecule has 9 heteroatoms. The van der Waals surface area contributed by atoms with Crippen LogP contribution in [0.2, 0.25) is 0 Å². The van der Waals surface area contributed by atoms with Gasteiger partial charge in [-0.05, 0) is 26.7 Å². The highest BCUT2D eigenvalue weighted by Crippen LogP contribution is 2.34. The van der Waals surface area contributed by atoms with E-state index in [-0.39, 0.29) is 29.7 Å². The molecule has 1 aliphatic carbocycles. The number of oxime groups is 1. The number of amidine groups is 1. The molecule has 0 amide bonds. The first-order valence-electron chi connectivity index (χ1n) is 6.77. The molecule has 1 heterocycles. The summed E-state index contributed by atoms with van der Waals surface area (Å²) < 4.78 is 28.8. The summed E-state index contributed by atoms with van der Waals surface area (Å²) in [6.07, 6.45) is 1.88. The molecule has 1 fully saturated rings. The van der Waals surface area contributed by atoms with Gasteiger partial charge >= 0.3 is 0 Å². The van der Waals surface area contributed by atoms with E-state index < -0.39 is 10.0 Å². The third-order valence-corrected chi connectivity index (χ3v) is 5.89. The van der Waals surface area contributed by atoms with Crippen molar-refractivity contribution in [1.82, 2.24) is 14.1 Å². The van der Waals surface area contributed by atoms with Gasteiger partial charge in [0.05, 0.1) is 11.4 Å². The standard InChI is InChI=1S/C12H21N5O3S/c1-8-12(9(2)16(3)14-8)21(19,20)17(10-4-5-10)7-6-11(13)15-18/h10,18H,4-7H2,1-3H3,(H2,13,15). The average Bonchev–Trinajstić information content (AvgIpc) is 3.18. The Bertz CT molecular complexity index is 661. The molecule has 21 heavy (non-hydrogen) atoms. The van der Waals surface area contributed by atoms with E-state index in [1.54, 1.807) is 25.6 Å². The minimum atomic E-state index is -3.62. The molecule has 118 valence electrons. The monoisotopic (exact) mass is 315 g/mol. The number of rotatable bonds is 6. The van der Waals surface area contributed by atoms with Crippen molar-refractivity contribution in [2.24, 2.45) is 17.9 Å². The maximum Gasteiger partial charge on any atom is 0.247 e. The van der Waals surface area contributed by atoms with Crippen LogP contribution in [0.1, 0.15) is 30.7 Å². The largest absolute Gasteiger partial charge is 0.409 e. The highest BCUT2D eigenvalue weighted by molar-refractivity contribution is 7.89. The van der Waals surface area contributed by atoms with E-state index in [1.165, 1.54) is 4.31 Å². The molecule has 0 atom stereocenters. The van der Waals surface area contributed by atoms with Crippen LogP contribution in [-0.2, 0) is 17.1 Å². The molecule has 0 aliphatic heterocycles. The highest BCUT2D eigenvalue weighted by atomic mass is 32.2. The number of hydrogen-bond donors (Lipinski definition) is 2. The first kappa shape index (κ1) is 15.8. The van der Waals surface area contributed by atoms with Crippen LogP contribution in [0.15, 0.2) is 10.1 Å². The summed E-state index contributed by atoms with van der Waals surface area (Å²) in [6, 6.07) is 0.000462. The van der Waals surface area contributed by atoms with E-state index in [1.807, 2.05) is 0 Å². The van der Waals surface area contributed by atoms with Crippen molar-refractivity contribution in [3.63, 3.8) is 0 Å². The number of aromatic nitrogens is 2. The number of hydrogen-bond acceptors (Lipinski definition) is 5. The van der Waals surface area contributed by atoms with Gasteiger partial charge in [0.15, 0.2) is 0 Å². The van der Waals surface area contributed by atoms with E-state index in [0.717, 1.165) is 12.8 Å². The van der Waals surface area contributed by atoms with Gasteiger partial charge in [-0.3, -0.25) is 4.68 Å². The predicted molar refractivity (Wildman–Crippen MR) is 77.6 cm³/mol. The molecule has 0 saturated heterocycles. The molecule has 1 aliphatic rings.